The van der Waals surface area contributed by atoms with Gasteiger partial charge in [-0.2, -0.15) is 5.10 Å². The van der Waals surface area contributed by atoms with Crippen LogP contribution in [0.3, 0.4) is 0 Å². The molecule has 30 heavy (non-hydrogen) atoms. The molecule has 158 valence electrons. The van der Waals surface area contributed by atoms with Crippen LogP contribution in [0.4, 0.5) is 0 Å². The maximum Gasteiger partial charge on any atom is 0.252 e. The molecule has 2 aromatic heterocycles. The van der Waals surface area contributed by atoms with Gasteiger partial charge in [0, 0.05) is 44.8 Å². The molecule has 3 aromatic rings. The van der Waals surface area contributed by atoms with Crippen LogP contribution >= 0.6 is 0 Å². The summed E-state index contributed by atoms with van der Waals surface area (Å²) in [7, 11) is 1.96. The van der Waals surface area contributed by atoms with Crippen LogP contribution in [0.5, 0.6) is 0 Å². The van der Waals surface area contributed by atoms with Crippen molar-refractivity contribution in [3.63, 3.8) is 0 Å². The Bertz CT molecular complexity index is 1030. The number of carbonyl (C=O) groups is 1. The van der Waals surface area contributed by atoms with Crippen molar-refractivity contribution >= 4 is 16.8 Å². The summed E-state index contributed by atoms with van der Waals surface area (Å²) in [6, 6.07) is 11.7. The molecule has 1 saturated heterocycles. The molecule has 7 heteroatoms. The predicted octanol–water partition coefficient (Wildman–Crippen LogP) is 2.93. The van der Waals surface area contributed by atoms with Gasteiger partial charge >= 0.3 is 0 Å². The first-order valence-electron chi connectivity index (χ1n) is 10.5. The van der Waals surface area contributed by atoms with Crippen molar-refractivity contribution in [1.82, 2.24) is 25.0 Å². The molecule has 0 radical (unpaired) electrons. The molecule has 1 amide bonds. The number of hydrogen-bond acceptors (Lipinski definition) is 5. The second-order valence-corrected chi connectivity index (χ2v) is 8.26. The van der Waals surface area contributed by atoms with Crippen LogP contribution < -0.4 is 5.32 Å². The minimum atomic E-state index is -0.173. The van der Waals surface area contributed by atoms with Crippen molar-refractivity contribution in [3.05, 3.63) is 59.5 Å². The van der Waals surface area contributed by atoms with Crippen molar-refractivity contribution in [1.29, 1.82) is 0 Å². The third kappa shape index (κ3) is 4.52. The Morgan fingerprint density at radius 2 is 2.13 bits per heavy atom. The van der Waals surface area contributed by atoms with Gasteiger partial charge in [0.2, 0.25) is 0 Å². The zero-order valence-electron chi connectivity index (χ0n) is 17.8. The van der Waals surface area contributed by atoms with Crippen LogP contribution in [-0.4, -0.2) is 51.8 Å². The minimum absolute atomic E-state index is 0.0638. The van der Waals surface area contributed by atoms with Gasteiger partial charge in [-0.05, 0) is 24.1 Å². The first kappa shape index (κ1) is 20.5. The van der Waals surface area contributed by atoms with E-state index in [9.17, 15) is 4.79 Å². The van der Waals surface area contributed by atoms with Crippen molar-refractivity contribution in [2.45, 2.75) is 26.5 Å². The van der Waals surface area contributed by atoms with Gasteiger partial charge in [0.05, 0.1) is 29.1 Å². The van der Waals surface area contributed by atoms with Gasteiger partial charge in [-0.3, -0.25) is 14.4 Å². The minimum Gasteiger partial charge on any atom is -0.369 e. The number of nitrogens with zero attached hydrogens (tertiary/aromatic N) is 4. The molecule has 1 aromatic carbocycles. The largest absolute Gasteiger partial charge is 0.369 e. The Hall–Kier alpha value is -2.77. The number of benzene rings is 1. The number of carbonyl (C=O) groups excluding carboxylic acids is 1. The lowest BCUT2D eigenvalue weighted by Crippen LogP contribution is -2.38. The highest BCUT2D eigenvalue weighted by Gasteiger charge is 2.25. The Morgan fingerprint density at radius 1 is 1.30 bits per heavy atom. The summed E-state index contributed by atoms with van der Waals surface area (Å²) in [4.78, 5) is 20.1. The fourth-order valence-corrected chi connectivity index (χ4v) is 3.75. The average molecular weight is 408 g/mol. The molecule has 1 N–H and O–H groups in total. The molecule has 1 aliphatic heterocycles. The summed E-state index contributed by atoms with van der Waals surface area (Å²) in [5.74, 6) is 0.329. The van der Waals surface area contributed by atoms with E-state index in [2.05, 4.69) is 29.2 Å². The van der Waals surface area contributed by atoms with E-state index < -0.39 is 0 Å². The lowest BCUT2D eigenvalue weighted by atomic mass is 10.0. The molecule has 7 nitrogen and oxygen atoms in total. The summed E-state index contributed by atoms with van der Waals surface area (Å²) in [6.45, 7) is 7.84. The van der Waals surface area contributed by atoms with Gasteiger partial charge in [0.1, 0.15) is 6.10 Å². The number of pyridine rings is 1. The quantitative estimate of drug-likeness (QED) is 0.680. The van der Waals surface area contributed by atoms with Crippen LogP contribution in [0, 0.1) is 5.92 Å². The number of amides is 1. The van der Waals surface area contributed by atoms with Crippen LogP contribution in [0.25, 0.3) is 10.9 Å². The lowest BCUT2D eigenvalue weighted by Gasteiger charge is -2.32. The summed E-state index contributed by atoms with van der Waals surface area (Å²) in [5, 5.41) is 8.16. The number of para-hydroxylation sites is 1. The normalized spacial score (nSPS) is 17.5. The van der Waals surface area contributed by atoms with Crippen LogP contribution in [0.15, 0.2) is 42.6 Å². The first-order chi connectivity index (χ1) is 14.5. The third-order valence-electron chi connectivity index (χ3n) is 5.44. The van der Waals surface area contributed by atoms with Gasteiger partial charge in [0.15, 0.2) is 0 Å². The summed E-state index contributed by atoms with van der Waals surface area (Å²) >= 11 is 0. The maximum atomic E-state index is 12.9. The number of ether oxygens (including phenoxy) is 1. The SMILES string of the molecule is CC(C)CNC(=O)c1cc([C@@H]2CN(Cc3ccnn3C)CCO2)nc2ccccc12. The van der Waals surface area contributed by atoms with E-state index in [4.69, 9.17) is 9.72 Å². The summed E-state index contributed by atoms with van der Waals surface area (Å²) in [5.41, 5.74) is 3.44. The van der Waals surface area contributed by atoms with Crippen molar-refractivity contribution in [3.8, 4) is 0 Å². The Kier molecular flexibility index (Phi) is 6.11. The Balaban J connectivity index is 1.60. The van der Waals surface area contributed by atoms with E-state index in [1.54, 1.807) is 0 Å². The van der Waals surface area contributed by atoms with E-state index >= 15 is 0 Å². The van der Waals surface area contributed by atoms with Gasteiger partial charge in [-0.15, -0.1) is 0 Å². The lowest BCUT2D eigenvalue weighted by molar-refractivity contribution is -0.0355. The average Bonchev–Trinajstić information content (AvgIpc) is 3.15. The topological polar surface area (TPSA) is 72.3 Å². The van der Waals surface area contributed by atoms with Gasteiger partial charge in [-0.25, -0.2) is 4.98 Å². The van der Waals surface area contributed by atoms with E-state index in [-0.39, 0.29) is 12.0 Å². The molecule has 1 fully saturated rings. The number of hydrogen-bond donors (Lipinski definition) is 1. The molecule has 3 heterocycles. The Morgan fingerprint density at radius 3 is 2.90 bits per heavy atom. The van der Waals surface area contributed by atoms with Crippen LogP contribution in [0.2, 0.25) is 0 Å². The first-order valence-corrected chi connectivity index (χ1v) is 10.5. The highest BCUT2D eigenvalue weighted by atomic mass is 16.5. The molecule has 1 atom stereocenters. The molecular weight excluding hydrogens is 378 g/mol. The number of aromatic nitrogens is 3. The van der Waals surface area contributed by atoms with Crippen LogP contribution in [0.1, 0.15) is 41.7 Å². The van der Waals surface area contributed by atoms with E-state index in [0.29, 0.717) is 24.6 Å². The van der Waals surface area contributed by atoms with Gasteiger partial charge in [0.25, 0.3) is 5.91 Å². The molecule has 1 aliphatic rings. The number of nitrogens with one attached hydrogen (secondary N) is 1. The van der Waals surface area contributed by atoms with Crippen LogP contribution in [-0.2, 0) is 18.3 Å². The fourth-order valence-electron chi connectivity index (χ4n) is 3.75. The highest BCUT2D eigenvalue weighted by molar-refractivity contribution is 6.06. The highest BCUT2D eigenvalue weighted by Crippen LogP contribution is 2.26. The predicted molar refractivity (Wildman–Crippen MR) is 116 cm³/mol. The fraction of sp³-hybridized carbons (Fsp3) is 0.435. The molecule has 0 saturated carbocycles. The second kappa shape index (κ2) is 8.93. The van der Waals surface area contributed by atoms with E-state index in [1.807, 2.05) is 54.3 Å². The second-order valence-electron chi connectivity index (χ2n) is 8.26. The summed E-state index contributed by atoms with van der Waals surface area (Å²) in [6.07, 6.45) is 1.65. The number of aryl methyl sites for hydroxylation is 1. The molecule has 0 spiro atoms. The van der Waals surface area contributed by atoms with Gasteiger partial charge in [-0.1, -0.05) is 32.0 Å². The molecule has 0 bridgehead atoms. The standard InChI is InChI=1S/C23H29N5O2/c1-16(2)13-24-23(29)19-12-21(26-20-7-5-4-6-18(19)20)22-15-28(10-11-30-22)14-17-8-9-25-27(17)3/h4-9,12,16,22H,10-11,13-15H2,1-3H3,(H,24,29)/t22-/m0/s1. The maximum absolute atomic E-state index is 12.9. The monoisotopic (exact) mass is 407 g/mol. The third-order valence-corrected chi connectivity index (χ3v) is 5.44. The van der Waals surface area contributed by atoms with E-state index in [1.165, 1.54) is 0 Å². The van der Waals surface area contributed by atoms with Crippen molar-refractivity contribution in [2.24, 2.45) is 13.0 Å². The molecule has 0 aliphatic carbocycles. The number of morpholine rings is 1. The number of rotatable bonds is 6. The van der Waals surface area contributed by atoms with Crippen molar-refractivity contribution < 1.29 is 9.53 Å². The van der Waals surface area contributed by atoms with E-state index in [0.717, 1.165) is 41.9 Å². The molecular formula is C23H29N5O2. The zero-order valence-corrected chi connectivity index (χ0v) is 17.8. The molecule has 0 unspecified atom stereocenters. The van der Waals surface area contributed by atoms with Crippen molar-refractivity contribution in [2.75, 3.05) is 26.2 Å². The number of fused-ring (bicyclic) bond motifs is 1. The Labute approximate surface area is 177 Å². The van der Waals surface area contributed by atoms with Gasteiger partial charge < -0.3 is 10.1 Å². The molecule has 4 rings (SSSR count). The zero-order chi connectivity index (χ0) is 21.1. The summed E-state index contributed by atoms with van der Waals surface area (Å²) < 4.78 is 7.97. The smallest absolute Gasteiger partial charge is 0.252 e.